The Hall–Kier alpha value is -0.860. The molecule has 0 spiro atoms. The normalized spacial score (nSPS) is 33.6. The molecule has 1 N–H and O–H groups in total. The maximum Gasteiger partial charge on any atom is 0.0249 e. The molecule has 2 heteroatoms. The van der Waals surface area contributed by atoms with E-state index in [1.54, 1.807) is 0 Å². The second-order valence-corrected chi connectivity index (χ2v) is 5.88. The lowest BCUT2D eigenvalue weighted by Crippen LogP contribution is -2.50. The van der Waals surface area contributed by atoms with Gasteiger partial charge in [0.25, 0.3) is 0 Å². The van der Waals surface area contributed by atoms with Crippen molar-refractivity contribution in [2.24, 2.45) is 5.41 Å². The van der Waals surface area contributed by atoms with Crippen LogP contribution in [0.5, 0.6) is 0 Å². The van der Waals surface area contributed by atoms with Crippen LogP contribution < -0.4 is 5.32 Å². The lowest BCUT2D eigenvalue weighted by molar-refractivity contribution is 0.0983. The molecule has 2 unspecified atom stereocenters. The molecule has 0 radical (unpaired) electrons. The summed E-state index contributed by atoms with van der Waals surface area (Å²) < 4.78 is 0. The van der Waals surface area contributed by atoms with Gasteiger partial charge in [0.2, 0.25) is 0 Å². The highest BCUT2D eigenvalue weighted by atomic mass is 15.2. The Balaban J connectivity index is 1.64. The van der Waals surface area contributed by atoms with E-state index in [2.05, 4.69) is 47.5 Å². The van der Waals surface area contributed by atoms with Crippen LogP contribution in [0.25, 0.3) is 0 Å². The SMILES string of the molecule is CC12CCNC1CN(Cc1ccccc1)CC2. The molecule has 0 bridgehead atoms. The number of rotatable bonds is 2. The molecule has 92 valence electrons. The molecule has 0 aromatic heterocycles. The summed E-state index contributed by atoms with van der Waals surface area (Å²) in [5.41, 5.74) is 2.00. The summed E-state index contributed by atoms with van der Waals surface area (Å²) in [6.45, 7) is 7.24. The Kier molecular flexibility index (Phi) is 2.93. The van der Waals surface area contributed by atoms with Crippen LogP contribution in [0.1, 0.15) is 25.3 Å². The first-order chi connectivity index (χ1) is 8.26. The van der Waals surface area contributed by atoms with E-state index < -0.39 is 0 Å². The molecule has 2 aliphatic rings. The van der Waals surface area contributed by atoms with Crippen molar-refractivity contribution in [1.29, 1.82) is 0 Å². The molecule has 0 saturated carbocycles. The highest BCUT2D eigenvalue weighted by Gasteiger charge is 2.42. The first kappa shape index (κ1) is 11.2. The summed E-state index contributed by atoms with van der Waals surface area (Å²) in [5.74, 6) is 0. The minimum absolute atomic E-state index is 0.563. The van der Waals surface area contributed by atoms with Crippen LogP contribution in [0.2, 0.25) is 0 Å². The summed E-state index contributed by atoms with van der Waals surface area (Å²) >= 11 is 0. The van der Waals surface area contributed by atoms with Gasteiger partial charge in [0.15, 0.2) is 0 Å². The van der Waals surface area contributed by atoms with E-state index in [4.69, 9.17) is 0 Å². The number of hydrogen-bond donors (Lipinski definition) is 1. The van der Waals surface area contributed by atoms with E-state index >= 15 is 0 Å². The van der Waals surface area contributed by atoms with Crippen molar-refractivity contribution < 1.29 is 0 Å². The summed E-state index contributed by atoms with van der Waals surface area (Å²) in [5, 5.41) is 3.67. The minimum Gasteiger partial charge on any atom is -0.312 e. The van der Waals surface area contributed by atoms with E-state index in [0.717, 1.165) is 6.54 Å². The highest BCUT2D eigenvalue weighted by Crippen LogP contribution is 2.38. The molecule has 2 aliphatic heterocycles. The fourth-order valence-corrected chi connectivity index (χ4v) is 3.28. The summed E-state index contributed by atoms with van der Waals surface area (Å²) in [7, 11) is 0. The number of nitrogens with zero attached hydrogens (tertiary/aromatic N) is 1. The van der Waals surface area contributed by atoms with Crippen LogP contribution in [-0.2, 0) is 6.54 Å². The lowest BCUT2D eigenvalue weighted by atomic mass is 9.76. The van der Waals surface area contributed by atoms with Crippen LogP contribution in [0.3, 0.4) is 0 Å². The van der Waals surface area contributed by atoms with Crippen molar-refractivity contribution in [3.05, 3.63) is 35.9 Å². The fourth-order valence-electron chi connectivity index (χ4n) is 3.28. The smallest absolute Gasteiger partial charge is 0.0249 e. The topological polar surface area (TPSA) is 15.3 Å². The molecule has 2 fully saturated rings. The zero-order valence-corrected chi connectivity index (χ0v) is 10.7. The summed E-state index contributed by atoms with van der Waals surface area (Å²) in [6, 6.07) is 11.5. The van der Waals surface area contributed by atoms with Crippen LogP contribution in [0, 0.1) is 5.41 Å². The predicted octanol–water partition coefficient (Wildman–Crippen LogP) is 2.26. The van der Waals surface area contributed by atoms with Crippen molar-refractivity contribution >= 4 is 0 Å². The van der Waals surface area contributed by atoms with Crippen molar-refractivity contribution in [3.63, 3.8) is 0 Å². The van der Waals surface area contributed by atoms with Crippen LogP contribution in [-0.4, -0.2) is 30.6 Å². The van der Waals surface area contributed by atoms with E-state index in [1.165, 1.54) is 38.0 Å². The van der Waals surface area contributed by atoms with Crippen molar-refractivity contribution in [3.8, 4) is 0 Å². The zero-order valence-electron chi connectivity index (χ0n) is 10.7. The van der Waals surface area contributed by atoms with Crippen LogP contribution >= 0.6 is 0 Å². The standard InChI is InChI=1S/C15H22N2/c1-15-7-9-16-14(15)12-17(10-8-15)11-13-5-3-2-4-6-13/h2-6,14,16H,7-12H2,1H3. The zero-order chi connectivity index (χ0) is 11.7. The number of piperidine rings is 1. The second-order valence-electron chi connectivity index (χ2n) is 5.88. The Morgan fingerprint density at radius 3 is 2.94 bits per heavy atom. The largest absolute Gasteiger partial charge is 0.312 e. The molecule has 2 nitrogen and oxygen atoms in total. The monoisotopic (exact) mass is 230 g/mol. The summed E-state index contributed by atoms with van der Waals surface area (Å²) in [4.78, 5) is 2.60. The van der Waals surface area contributed by atoms with Gasteiger partial charge in [-0.3, -0.25) is 4.90 Å². The van der Waals surface area contributed by atoms with Crippen molar-refractivity contribution in [2.75, 3.05) is 19.6 Å². The fraction of sp³-hybridized carbons (Fsp3) is 0.600. The average molecular weight is 230 g/mol. The first-order valence-corrected chi connectivity index (χ1v) is 6.76. The van der Waals surface area contributed by atoms with Crippen molar-refractivity contribution in [1.82, 2.24) is 10.2 Å². The highest BCUT2D eigenvalue weighted by molar-refractivity contribution is 5.15. The Bertz CT molecular complexity index is 376. The second kappa shape index (κ2) is 4.43. The predicted molar refractivity (Wildman–Crippen MR) is 70.9 cm³/mol. The number of nitrogens with one attached hydrogen (secondary N) is 1. The number of fused-ring (bicyclic) bond motifs is 1. The molecular weight excluding hydrogens is 208 g/mol. The molecule has 1 aromatic rings. The minimum atomic E-state index is 0.563. The Morgan fingerprint density at radius 1 is 1.29 bits per heavy atom. The lowest BCUT2D eigenvalue weighted by Gasteiger charge is -2.41. The van der Waals surface area contributed by atoms with E-state index in [9.17, 15) is 0 Å². The van der Waals surface area contributed by atoms with Gasteiger partial charge in [-0.05, 0) is 36.9 Å². The third kappa shape index (κ3) is 2.24. The van der Waals surface area contributed by atoms with Gasteiger partial charge in [-0.2, -0.15) is 0 Å². The van der Waals surface area contributed by atoms with Gasteiger partial charge in [-0.15, -0.1) is 0 Å². The van der Waals surface area contributed by atoms with Crippen LogP contribution in [0.15, 0.2) is 30.3 Å². The maximum absolute atomic E-state index is 3.67. The Labute approximate surface area is 104 Å². The van der Waals surface area contributed by atoms with Crippen LogP contribution in [0.4, 0.5) is 0 Å². The molecule has 2 heterocycles. The molecule has 0 aliphatic carbocycles. The van der Waals surface area contributed by atoms with Gasteiger partial charge in [-0.25, -0.2) is 0 Å². The van der Waals surface area contributed by atoms with Gasteiger partial charge in [-0.1, -0.05) is 37.3 Å². The third-order valence-corrected chi connectivity index (χ3v) is 4.62. The first-order valence-electron chi connectivity index (χ1n) is 6.76. The molecule has 3 rings (SSSR count). The van der Waals surface area contributed by atoms with E-state index in [1.807, 2.05) is 0 Å². The average Bonchev–Trinajstić information content (AvgIpc) is 2.72. The molecule has 0 amide bonds. The van der Waals surface area contributed by atoms with E-state index in [0.29, 0.717) is 11.5 Å². The molecular formula is C15H22N2. The summed E-state index contributed by atoms with van der Waals surface area (Å²) in [6.07, 6.45) is 2.70. The third-order valence-electron chi connectivity index (χ3n) is 4.62. The number of hydrogen-bond acceptors (Lipinski definition) is 2. The quantitative estimate of drug-likeness (QED) is 0.838. The van der Waals surface area contributed by atoms with Crippen molar-refractivity contribution in [2.45, 2.75) is 32.4 Å². The van der Waals surface area contributed by atoms with Gasteiger partial charge in [0, 0.05) is 19.1 Å². The van der Waals surface area contributed by atoms with Gasteiger partial charge >= 0.3 is 0 Å². The molecule has 2 atom stereocenters. The van der Waals surface area contributed by atoms with E-state index in [-0.39, 0.29) is 0 Å². The molecule has 2 saturated heterocycles. The number of likely N-dealkylation sites (tertiary alicyclic amines) is 1. The number of benzene rings is 1. The van der Waals surface area contributed by atoms with Gasteiger partial charge in [0.1, 0.15) is 0 Å². The molecule has 1 aromatic carbocycles. The van der Waals surface area contributed by atoms with Gasteiger partial charge < -0.3 is 5.32 Å². The molecule has 17 heavy (non-hydrogen) atoms. The maximum atomic E-state index is 3.67. The Morgan fingerprint density at radius 2 is 2.12 bits per heavy atom. The van der Waals surface area contributed by atoms with Gasteiger partial charge in [0.05, 0.1) is 0 Å².